The van der Waals surface area contributed by atoms with Crippen molar-refractivity contribution >= 4 is 27.9 Å². The molecule has 0 fully saturated rings. The number of benzene rings is 1. The van der Waals surface area contributed by atoms with E-state index in [1.807, 2.05) is 48.5 Å². The molecule has 128 valence electrons. The van der Waals surface area contributed by atoms with Gasteiger partial charge in [0, 0.05) is 11.8 Å². The Kier molecular flexibility index (Phi) is 4.68. The normalized spacial score (nSPS) is 21.1. The zero-order valence-electron chi connectivity index (χ0n) is 13.6. The lowest BCUT2D eigenvalue weighted by Crippen LogP contribution is -2.52. The minimum atomic E-state index is -3.43. The summed E-state index contributed by atoms with van der Waals surface area (Å²) < 4.78 is 27.4. The second-order valence-corrected chi connectivity index (χ2v) is 7.38. The molecule has 0 bridgehead atoms. The zero-order chi connectivity index (χ0) is 17.2. The highest BCUT2D eigenvalue weighted by Crippen LogP contribution is 2.21. The van der Waals surface area contributed by atoms with Crippen molar-refractivity contribution in [3.05, 3.63) is 41.6 Å². The van der Waals surface area contributed by atoms with Crippen molar-refractivity contribution < 1.29 is 12.6 Å². The van der Waals surface area contributed by atoms with Crippen LogP contribution in [0.3, 0.4) is 0 Å². The van der Waals surface area contributed by atoms with Crippen LogP contribution in [0.5, 0.6) is 0 Å². The summed E-state index contributed by atoms with van der Waals surface area (Å²) in [5.41, 5.74) is 5.41. The van der Waals surface area contributed by atoms with Gasteiger partial charge in [0.25, 0.3) is 10.1 Å². The van der Waals surface area contributed by atoms with Crippen LogP contribution in [0.2, 0.25) is 0 Å². The first kappa shape index (κ1) is 16.7. The molecule has 3 rings (SSSR count). The van der Waals surface area contributed by atoms with E-state index >= 15 is 0 Å². The smallest absolute Gasteiger partial charge is 0.267 e. The molecule has 8 heteroatoms. The predicted octanol–water partition coefficient (Wildman–Crippen LogP) is 1.39. The van der Waals surface area contributed by atoms with E-state index in [1.54, 1.807) is 6.92 Å². The second-order valence-electron chi connectivity index (χ2n) is 5.45. The average molecular weight is 348 g/mol. The van der Waals surface area contributed by atoms with E-state index in [-0.39, 0.29) is 24.9 Å². The Morgan fingerprint density at radius 3 is 2.96 bits per heavy atom. The SMILES string of the molecule is CCS(=O)(=O)OCCN=C1NN2C=Cc3ccccc3C2=NC1C. The highest BCUT2D eigenvalue weighted by atomic mass is 32.2. The van der Waals surface area contributed by atoms with Gasteiger partial charge in [-0.3, -0.25) is 19.6 Å². The van der Waals surface area contributed by atoms with Crippen LogP contribution in [0.15, 0.2) is 40.5 Å². The number of hydrogen-bond donors (Lipinski definition) is 1. The number of hydrazine groups is 1. The maximum atomic E-state index is 11.3. The van der Waals surface area contributed by atoms with Gasteiger partial charge in [-0.1, -0.05) is 24.3 Å². The Hall–Kier alpha value is -2.19. The number of hydrogen-bond acceptors (Lipinski definition) is 6. The fraction of sp³-hybridized carbons (Fsp3) is 0.375. The van der Waals surface area contributed by atoms with Crippen molar-refractivity contribution in [3.63, 3.8) is 0 Å². The molecule has 0 spiro atoms. The Balaban J connectivity index is 1.72. The molecule has 0 aromatic heterocycles. The van der Waals surface area contributed by atoms with Gasteiger partial charge in [0.05, 0.1) is 18.9 Å². The van der Waals surface area contributed by atoms with Crippen LogP contribution >= 0.6 is 0 Å². The number of amidine groups is 2. The quantitative estimate of drug-likeness (QED) is 0.642. The predicted molar refractivity (Wildman–Crippen MR) is 94.2 cm³/mol. The molecule has 1 aromatic rings. The second kappa shape index (κ2) is 6.74. The van der Waals surface area contributed by atoms with Gasteiger partial charge < -0.3 is 0 Å². The molecule has 1 atom stereocenters. The lowest BCUT2D eigenvalue weighted by molar-refractivity contribution is 0.328. The van der Waals surface area contributed by atoms with Crippen molar-refractivity contribution in [2.24, 2.45) is 9.98 Å². The van der Waals surface area contributed by atoms with Crippen molar-refractivity contribution in [1.82, 2.24) is 10.4 Å². The minimum absolute atomic E-state index is 0.0311. The number of rotatable bonds is 5. The van der Waals surface area contributed by atoms with Crippen molar-refractivity contribution in [2.75, 3.05) is 18.9 Å². The Morgan fingerprint density at radius 2 is 2.17 bits per heavy atom. The van der Waals surface area contributed by atoms with E-state index in [0.717, 1.165) is 17.0 Å². The fourth-order valence-electron chi connectivity index (χ4n) is 2.47. The molecular weight excluding hydrogens is 328 g/mol. The molecule has 1 N–H and O–H groups in total. The van der Waals surface area contributed by atoms with Gasteiger partial charge in [0.2, 0.25) is 0 Å². The lowest BCUT2D eigenvalue weighted by atomic mass is 10.0. The van der Waals surface area contributed by atoms with Crippen molar-refractivity contribution in [2.45, 2.75) is 19.9 Å². The van der Waals surface area contributed by atoms with Crippen molar-refractivity contribution in [3.8, 4) is 0 Å². The third kappa shape index (κ3) is 3.49. The fourth-order valence-corrected chi connectivity index (χ4v) is 2.96. The molecule has 0 saturated heterocycles. The highest BCUT2D eigenvalue weighted by molar-refractivity contribution is 7.86. The van der Waals surface area contributed by atoms with Gasteiger partial charge in [0.1, 0.15) is 11.9 Å². The molecule has 0 radical (unpaired) electrons. The molecule has 2 heterocycles. The molecule has 2 aliphatic heterocycles. The van der Waals surface area contributed by atoms with Gasteiger partial charge in [-0.2, -0.15) is 8.42 Å². The molecule has 1 unspecified atom stereocenters. The van der Waals surface area contributed by atoms with Crippen LogP contribution in [0, 0.1) is 0 Å². The summed E-state index contributed by atoms with van der Waals surface area (Å²) in [6.45, 7) is 3.78. The van der Waals surface area contributed by atoms with E-state index in [9.17, 15) is 8.42 Å². The first-order valence-corrected chi connectivity index (χ1v) is 9.40. The average Bonchev–Trinajstić information content (AvgIpc) is 2.59. The first-order chi connectivity index (χ1) is 11.5. The van der Waals surface area contributed by atoms with E-state index in [4.69, 9.17) is 9.18 Å². The van der Waals surface area contributed by atoms with Crippen LogP contribution in [0.1, 0.15) is 25.0 Å². The largest absolute Gasteiger partial charge is 0.278 e. The third-order valence-electron chi connectivity index (χ3n) is 3.77. The summed E-state index contributed by atoms with van der Waals surface area (Å²) >= 11 is 0. The number of nitrogens with zero attached hydrogens (tertiary/aromatic N) is 3. The zero-order valence-corrected chi connectivity index (χ0v) is 14.5. The lowest BCUT2D eigenvalue weighted by Gasteiger charge is -2.34. The van der Waals surface area contributed by atoms with Gasteiger partial charge in [-0.05, 0) is 25.5 Å². The summed E-state index contributed by atoms with van der Waals surface area (Å²) in [5.74, 6) is 1.49. The van der Waals surface area contributed by atoms with Crippen LogP contribution in [0.25, 0.3) is 6.08 Å². The van der Waals surface area contributed by atoms with E-state index < -0.39 is 10.1 Å². The van der Waals surface area contributed by atoms with Crippen molar-refractivity contribution in [1.29, 1.82) is 0 Å². The molecule has 1 aromatic carbocycles. The number of aliphatic imine (C=N–C) groups is 2. The van der Waals surface area contributed by atoms with Crippen LogP contribution in [-0.4, -0.2) is 50.0 Å². The maximum Gasteiger partial charge on any atom is 0.267 e. The standard InChI is InChI=1S/C16H20N4O3S/c1-3-24(21,22)23-11-9-17-15-12(2)18-16-14-7-5-4-6-13(14)8-10-20(16)19-15/h4-8,10,12H,3,9,11H2,1-2H3,(H,17,19). The monoisotopic (exact) mass is 348 g/mol. The molecule has 0 aliphatic carbocycles. The molecule has 24 heavy (non-hydrogen) atoms. The summed E-state index contributed by atoms with van der Waals surface area (Å²) in [5, 5.41) is 1.82. The molecule has 7 nitrogen and oxygen atoms in total. The van der Waals surface area contributed by atoms with Crippen LogP contribution in [-0.2, 0) is 14.3 Å². The third-order valence-corrected chi connectivity index (χ3v) is 5.00. The Bertz CT molecular complexity index is 814. The van der Waals surface area contributed by atoms with Crippen LogP contribution < -0.4 is 5.43 Å². The highest BCUT2D eigenvalue weighted by Gasteiger charge is 2.26. The molecule has 0 amide bonds. The van der Waals surface area contributed by atoms with E-state index in [2.05, 4.69) is 10.4 Å². The molecule has 2 aliphatic rings. The van der Waals surface area contributed by atoms with Gasteiger partial charge in [-0.15, -0.1) is 0 Å². The summed E-state index contributed by atoms with van der Waals surface area (Å²) in [6, 6.07) is 7.92. The van der Waals surface area contributed by atoms with Gasteiger partial charge in [0.15, 0.2) is 5.84 Å². The summed E-state index contributed by atoms with van der Waals surface area (Å²) in [4.78, 5) is 9.09. The van der Waals surface area contributed by atoms with E-state index in [0.29, 0.717) is 5.84 Å². The number of fused-ring (bicyclic) bond motifs is 3. The van der Waals surface area contributed by atoms with E-state index in [1.165, 1.54) is 0 Å². The van der Waals surface area contributed by atoms with Crippen LogP contribution in [0.4, 0.5) is 0 Å². The van der Waals surface area contributed by atoms with Gasteiger partial charge in [-0.25, -0.2) is 5.01 Å². The Labute approximate surface area is 141 Å². The summed E-state index contributed by atoms with van der Waals surface area (Å²) in [6.07, 6.45) is 3.91. The minimum Gasteiger partial charge on any atom is -0.278 e. The van der Waals surface area contributed by atoms with Gasteiger partial charge >= 0.3 is 0 Å². The first-order valence-electron chi connectivity index (χ1n) is 7.83. The topological polar surface area (TPSA) is 83.4 Å². The maximum absolute atomic E-state index is 11.3. The number of nitrogens with one attached hydrogen (secondary N) is 1. The Morgan fingerprint density at radius 1 is 1.38 bits per heavy atom. The molecular formula is C16H20N4O3S. The summed E-state index contributed by atoms with van der Waals surface area (Å²) in [7, 11) is -3.43. The molecule has 0 saturated carbocycles.